The molecule has 1 atom stereocenters. The van der Waals surface area contributed by atoms with Gasteiger partial charge in [0, 0.05) is 44.8 Å². The molecule has 1 aromatic rings. The van der Waals surface area contributed by atoms with E-state index in [9.17, 15) is 4.79 Å². The van der Waals surface area contributed by atoms with Crippen LogP contribution in [0.15, 0.2) is 0 Å². The van der Waals surface area contributed by atoms with Crippen molar-refractivity contribution in [2.75, 3.05) is 44.8 Å². The van der Waals surface area contributed by atoms with Crippen LogP contribution in [0.1, 0.15) is 5.82 Å². The molecule has 10 heteroatoms. The zero-order valence-electron chi connectivity index (χ0n) is 12.0. The Bertz CT molecular complexity index is 440. The number of aromatic nitrogens is 2. The molecule has 0 aliphatic carbocycles. The largest absolute Gasteiger partial charge is 0.383 e. The van der Waals surface area contributed by atoms with Gasteiger partial charge in [0.2, 0.25) is 11.0 Å². The summed E-state index contributed by atoms with van der Waals surface area (Å²) in [6, 6.07) is -0.569. The lowest BCUT2D eigenvalue weighted by atomic mass is 10.2. The SMILES string of the molecule is COCC(N)C(=O)N1CCN(c2nc(C)ns2)CC1.Cl.Cl. The maximum Gasteiger partial charge on any atom is 0.241 e. The summed E-state index contributed by atoms with van der Waals surface area (Å²) < 4.78 is 9.08. The number of anilines is 1. The predicted molar refractivity (Wildman–Crippen MR) is 87.8 cm³/mol. The van der Waals surface area contributed by atoms with Gasteiger partial charge >= 0.3 is 0 Å². The van der Waals surface area contributed by atoms with Gasteiger partial charge in [0.05, 0.1) is 6.61 Å². The number of methoxy groups -OCH3 is 1. The number of halogens is 2. The summed E-state index contributed by atoms with van der Waals surface area (Å²) in [6.07, 6.45) is 0. The van der Waals surface area contributed by atoms with E-state index >= 15 is 0 Å². The molecule has 1 amide bonds. The normalized spacial score (nSPS) is 16.0. The fraction of sp³-hybridized carbons (Fsp3) is 0.727. The second kappa shape index (κ2) is 9.37. The van der Waals surface area contributed by atoms with Crippen LogP contribution >= 0.6 is 36.3 Å². The van der Waals surface area contributed by atoms with Crippen LogP contribution in [-0.4, -0.2) is 66.1 Å². The van der Waals surface area contributed by atoms with Crippen LogP contribution < -0.4 is 10.6 Å². The molecule has 0 spiro atoms. The number of carbonyl (C=O) groups is 1. The number of nitrogens with zero attached hydrogens (tertiary/aromatic N) is 4. The predicted octanol–water partition coefficient (Wildman–Crippen LogP) is 0.312. The fourth-order valence-electron chi connectivity index (χ4n) is 2.02. The van der Waals surface area contributed by atoms with Gasteiger partial charge in [-0.25, -0.2) is 4.98 Å². The molecular formula is C11H21Cl2N5O2S. The Kier molecular flexibility index (Phi) is 9.07. The summed E-state index contributed by atoms with van der Waals surface area (Å²) in [4.78, 5) is 20.3. The van der Waals surface area contributed by atoms with E-state index in [-0.39, 0.29) is 37.3 Å². The first-order valence-electron chi connectivity index (χ1n) is 6.20. The molecule has 1 aliphatic rings. The molecule has 1 fully saturated rings. The molecule has 2 N–H and O–H groups in total. The van der Waals surface area contributed by atoms with E-state index in [4.69, 9.17) is 10.5 Å². The number of carbonyl (C=O) groups excluding carboxylic acids is 1. The Morgan fingerprint density at radius 3 is 2.48 bits per heavy atom. The number of hydrogen-bond acceptors (Lipinski definition) is 7. The van der Waals surface area contributed by atoms with Crippen LogP contribution in [0.25, 0.3) is 0 Å². The minimum Gasteiger partial charge on any atom is -0.383 e. The number of rotatable bonds is 4. The lowest BCUT2D eigenvalue weighted by molar-refractivity contribution is -0.134. The quantitative estimate of drug-likeness (QED) is 0.834. The number of hydrogen-bond donors (Lipinski definition) is 1. The maximum absolute atomic E-state index is 12.0. The van der Waals surface area contributed by atoms with Gasteiger partial charge in [0.1, 0.15) is 11.9 Å². The molecule has 1 saturated heterocycles. The monoisotopic (exact) mass is 357 g/mol. The average Bonchev–Trinajstić information content (AvgIpc) is 2.85. The van der Waals surface area contributed by atoms with Crippen LogP contribution in [0, 0.1) is 6.92 Å². The van der Waals surface area contributed by atoms with Gasteiger partial charge in [0.15, 0.2) is 0 Å². The van der Waals surface area contributed by atoms with Crippen molar-refractivity contribution >= 4 is 47.4 Å². The van der Waals surface area contributed by atoms with Gasteiger partial charge in [-0.15, -0.1) is 24.8 Å². The molecule has 7 nitrogen and oxygen atoms in total. The third kappa shape index (κ3) is 5.23. The highest BCUT2D eigenvalue weighted by Crippen LogP contribution is 2.18. The van der Waals surface area contributed by atoms with Crippen molar-refractivity contribution in [3.8, 4) is 0 Å². The molecule has 1 aromatic heterocycles. The molecule has 0 saturated carbocycles. The van der Waals surface area contributed by atoms with Gasteiger partial charge in [-0.05, 0) is 6.92 Å². The molecule has 0 radical (unpaired) electrons. The lowest BCUT2D eigenvalue weighted by Crippen LogP contribution is -2.54. The summed E-state index contributed by atoms with van der Waals surface area (Å²) in [5.41, 5.74) is 5.76. The van der Waals surface area contributed by atoms with Crippen LogP contribution in [0.3, 0.4) is 0 Å². The van der Waals surface area contributed by atoms with E-state index in [1.54, 1.807) is 12.0 Å². The standard InChI is InChI=1S/C11H19N5O2S.2ClH/c1-8-13-11(19-14-8)16-5-3-15(4-6-16)10(17)9(12)7-18-2;;/h9H,3-7,12H2,1-2H3;2*1H. The van der Waals surface area contributed by atoms with Crippen molar-refractivity contribution in [2.45, 2.75) is 13.0 Å². The number of nitrogens with two attached hydrogens (primary N) is 1. The second-order valence-electron chi connectivity index (χ2n) is 4.50. The highest BCUT2D eigenvalue weighted by atomic mass is 35.5. The molecule has 1 unspecified atom stereocenters. The first kappa shape index (κ1) is 20.3. The minimum atomic E-state index is -0.569. The van der Waals surface area contributed by atoms with Crippen LogP contribution in [0.4, 0.5) is 5.13 Å². The highest BCUT2D eigenvalue weighted by Gasteiger charge is 2.26. The molecule has 21 heavy (non-hydrogen) atoms. The van der Waals surface area contributed by atoms with Crippen LogP contribution in [-0.2, 0) is 9.53 Å². The minimum absolute atomic E-state index is 0. The molecular weight excluding hydrogens is 337 g/mol. The lowest BCUT2D eigenvalue weighted by Gasteiger charge is -2.35. The van der Waals surface area contributed by atoms with Gasteiger partial charge in [-0.1, -0.05) is 0 Å². The molecule has 122 valence electrons. The van der Waals surface area contributed by atoms with Crippen molar-refractivity contribution in [1.82, 2.24) is 14.3 Å². The van der Waals surface area contributed by atoms with Crippen molar-refractivity contribution in [3.63, 3.8) is 0 Å². The van der Waals surface area contributed by atoms with Crippen molar-refractivity contribution in [2.24, 2.45) is 5.73 Å². The molecule has 0 aromatic carbocycles. The molecule has 0 bridgehead atoms. The summed E-state index contributed by atoms with van der Waals surface area (Å²) >= 11 is 1.40. The maximum atomic E-state index is 12.0. The van der Waals surface area contributed by atoms with E-state index in [0.29, 0.717) is 13.1 Å². The second-order valence-corrected chi connectivity index (χ2v) is 5.23. The van der Waals surface area contributed by atoms with E-state index in [1.165, 1.54) is 11.5 Å². The van der Waals surface area contributed by atoms with Crippen molar-refractivity contribution < 1.29 is 9.53 Å². The van der Waals surface area contributed by atoms with E-state index in [1.807, 2.05) is 6.92 Å². The van der Waals surface area contributed by atoms with Gasteiger partial charge in [0.25, 0.3) is 0 Å². The number of ether oxygens (including phenoxy) is 1. The van der Waals surface area contributed by atoms with E-state index < -0.39 is 6.04 Å². The fourth-order valence-corrected chi connectivity index (χ4v) is 2.74. The van der Waals surface area contributed by atoms with Crippen LogP contribution in [0.2, 0.25) is 0 Å². The summed E-state index contributed by atoms with van der Waals surface area (Å²) in [5, 5.41) is 0.922. The Balaban J connectivity index is 0.00000200. The third-order valence-corrected chi connectivity index (χ3v) is 3.91. The van der Waals surface area contributed by atoms with Crippen LogP contribution in [0.5, 0.6) is 0 Å². The van der Waals surface area contributed by atoms with Crippen molar-refractivity contribution in [3.05, 3.63) is 5.82 Å². The topological polar surface area (TPSA) is 84.6 Å². The molecule has 1 aliphatic heterocycles. The Morgan fingerprint density at radius 1 is 1.38 bits per heavy atom. The van der Waals surface area contributed by atoms with Crippen molar-refractivity contribution in [1.29, 1.82) is 0 Å². The third-order valence-electron chi connectivity index (χ3n) is 3.04. The molecule has 2 rings (SSSR count). The number of amides is 1. The number of aryl methyl sites for hydroxylation is 1. The van der Waals surface area contributed by atoms with Gasteiger partial charge < -0.3 is 20.3 Å². The Labute approximate surface area is 140 Å². The number of piperazine rings is 1. The highest BCUT2D eigenvalue weighted by molar-refractivity contribution is 7.09. The zero-order chi connectivity index (χ0) is 13.8. The van der Waals surface area contributed by atoms with Gasteiger partial charge in [-0.2, -0.15) is 4.37 Å². The summed E-state index contributed by atoms with van der Waals surface area (Å²) in [6.45, 7) is 4.99. The average molecular weight is 358 g/mol. The Hall–Kier alpha value is -0.670. The molecule has 2 heterocycles. The first-order chi connectivity index (χ1) is 9.11. The Morgan fingerprint density at radius 2 is 2.00 bits per heavy atom. The first-order valence-corrected chi connectivity index (χ1v) is 6.97. The zero-order valence-corrected chi connectivity index (χ0v) is 14.5. The summed E-state index contributed by atoms with van der Waals surface area (Å²) in [7, 11) is 1.54. The van der Waals surface area contributed by atoms with E-state index in [0.717, 1.165) is 24.0 Å². The van der Waals surface area contributed by atoms with Gasteiger partial charge in [-0.3, -0.25) is 4.79 Å². The van der Waals surface area contributed by atoms with E-state index in [2.05, 4.69) is 14.3 Å². The summed E-state index contributed by atoms with van der Waals surface area (Å²) in [5.74, 6) is 0.746. The smallest absolute Gasteiger partial charge is 0.241 e.